The number of hydrogen-bond acceptors (Lipinski definition) is 4. The summed E-state index contributed by atoms with van der Waals surface area (Å²) < 4.78 is 0. The first-order chi connectivity index (χ1) is 15.1. The molecule has 1 saturated heterocycles. The normalized spacial score (nSPS) is 14.3. The Kier molecular flexibility index (Phi) is 6.43. The number of rotatable bonds is 6. The molecular formula is C26H27N3O2. The van der Waals surface area contributed by atoms with E-state index in [2.05, 4.69) is 15.1 Å². The lowest BCUT2D eigenvalue weighted by atomic mass is 10.0. The first-order valence-corrected chi connectivity index (χ1v) is 10.6. The van der Waals surface area contributed by atoms with Gasteiger partial charge in [0.25, 0.3) is 0 Å². The molecule has 31 heavy (non-hydrogen) atoms. The zero-order valence-electron chi connectivity index (χ0n) is 17.8. The summed E-state index contributed by atoms with van der Waals surface area (Å²) in [4.78, 5) is 28.6. The van der Waals surface area contributed by atoms with Gasteiger partial charge in [0.2, 0.25) is 5.91 Å². The van der Waals surface area contributed by atoms with E-state index in [9.17, 15) is 9.59 Å². The van der Waals surface area contributed by atoms with Crippen LogP contribution in [-0.4, -0.2) is 49.3 Å². The minimum absolute atomic E-state index is 0.00245. The van der Waals surface area contributed by atoms with Crippen LogP contribution < -0.4 is 10.2 Å². The molecule has 0 spiro atoms. The number of para-hydroxylation sites is 1. The lowest BCUT2D eigenvalue weighted by Crippen LogP contribution is -2.48. The largest absolute Gasteiger partial charge is 0.369 e. The second kappa shape index (κ2) is 9.58. The summed E-state index contributed by atoms with van der Waals surface area (Å²) in [6.07, 6.45) is 0. The van der Waals surface area contributed by atoms with Crippen molar-refractivity contribution < 1.29 is 9.59 Å². The van der Waals surface area contributed by atoms with Gasteiger partial charge >= 0.3 is 0 Å². The van der Waals surface area contributed by atoms with Gasteiger partial charge in [0.05, 0.1) is 6.54 Å². The van der Waals surface area contributed by atoms with Crippen LogP contribution in [0, 0.1) is 0 Å². The molecule has 0 radical (unpaired) electrons. The Hall–Kier alpha value is -3.44. The number of ketones is 1. The van der Waals surface area contributed by atoms with Crippen molar-refractivity contribution >= 4 is 23.1 Å². The second-order valence-corrected chi connectivity index (χ2v) is 7.83. The SMILES string of the molecule is CC(=O)c1ccc(N2CCN(CC(=O)Nc3ccccc3-c3ccccc3)CC2)cc1. The molecule has 1 aliphatic rings. The number of benzene rings is 3. The fourth-order valence-corrected chi connectivity index (χ4v) is 3.93. The molecule has 0 aromatic heterocycles. The van der Waals surface area contributed by atoms with Gasteiger partial charge in [-0.25, -0.2) is 0 Å². The van der Waals surface area contributed by atoms with Crippen molar-refractivity contribution in [1.82, 2.24) is 4.90 Å². The fourth-order valence-electron chi connectivity index (χ4n) is 3.93. The van der Waals surface area contributed by atoms with Gasteiger partial charge in [-0.1, -0.05) is 48.5 Å². The van der Waals surface area contributed by atoms with Gasteiger partial charge in [0.15, 0.2) is 5.78 Å². The third-order valence-corrected chi connectivity index (χ3v) is 5.66. The topological polar surface area (TPSA) is 52.7 Å². The molecule has 1 fully saturated rings. The molecule has 0 aliphatic carbocycles. The van der Waals surface area contributed by atoms with Gasteiger partial charge in [0.1, 0.15) is 0 Å². The summed E-state index contributed by atoms with van der Waals surface area (Å²) in [7, 11) is 0. The summed E-state index contributed by atoms with van der Waals surface area (Å²) in [5, 5.41) is 3.09. The van der Waals surface area contributed by atoms with Crippen LogP contribution in [0.1, 0.15) is 17.3 Å². The maximum absolute atomic E-state index is 12.7. The zero-order chi connectivity index (χ0) is 21.6. The van der Waals surface area contributed by atoms with E-state index in [1.807, 2.05) is 78.9 Å². The van der Waals surface area contributed by atoms with Gasteiger partial charge in [-0.3, -0.25) is 14.5 Å². The maximum Gasteiger partial charge on any atom is 0.238 e. The highest BCUT2D eigenvalue weighted by atomic mass is 16.2. The lowest BCUT2D eigenvalue weighted by molar-refractivity contribution is -0.117. The molecule has 0 bridgehead atoms. The van der Waals surface area contributed by atoms with E-state index in [0.29, 0.717) is 6.54 Å². The van der Waals surface area contributed by atoms with Crippen LogP contribution in [0.2, 0.25) is 0 Å². The van der Waals surface area contributed by atoms with Crippen LogP contribution in [0.4, 0.5) is 11.4 Å². The molecule has 3 aromatic carbocycles. The van der Waals surface area contributed by atoms with Crippen LogP contribution in [0.25, 0.3) is 11.1 Å². The summed E-state index contributed by atoms with van der Waals surface area (Å²) in [6.45, 7) is 5.31. The average Bonchev–Trinajstić information content (AvgIpc) is 2.80. The molecule has 158 valence electrons. The molecule has 5 heteroatoms. The molecule has 1 aliphatic heterocycles. The number of carbonyl (C=O) groups is 2. The van der Waals surface area contributed by atoms with Crippen LogP contribution >= 0.6 is 0 Å². The minimum atomic E-state index is 0.00245. The smallest absolute Gasteiger partial charge is 0.238 e. The van der Waals surface area contributed by atoms with Crippen molar-refractivity contribution in [2.24, 2.45) is 0 Å². The van der Waals surface area contributed by atoms with E-state index in [1.165, 1.54) is 0 Å². The van der Waals surface area contributed by atoms with Gasteiger partial charge < -0.3 is 10.2 Å². The Bertz CT molecular complexity index is 1040. The monoisotopic (exact) mass is 413 g/mol. The van der Waals surface area contributed by atoms with E-state index in [0.717, 1.165) is 54.2 Å². The third-order valence-electron chi connectivity index (χ3n) is 5.66. The van der Waals surface area contributed by atoms with Crippen LogP contribution in [0.5, 0.6) is 0 Å². The van der Waals surface area contributed by atoms with E-state index < -0.39 is 0 Å². The number of anilines is 2. The molecule has 1 N–H and O–H groups in total. The predicted molar refractivity (Wildman–Crippen MR) is 126 cm³/mol. The van der Waals surface area contributed by atoms with Crippen LogP contribution in [0.3, 0.4) is 0 Å². The molecule has 0 saturated carbocycles. The van der Waals surface area contributed by atoms with E-state index in [-0.39, 0.29) is 11.7 Å². The summed E-state index contributed by atoms with van der Waals surface area (Å²) in [5.41, 5.74) is 4.79. The average molecular weight is 414 g/mol. The standard InChI is InChI=1S/C26H27N3O2/c1-20(30)21-11-13-23(14-12-21)29-17-15-28(16-18-29)19-26(31)27-25-10-6-5-9-24(25)22-7-3-2-4-8-22/h2-14H,15-19H2,1H3,(H,27,31). The molecule has 1 amide bonds. The Morgan fingerprint density at radius 3 is 2.13 bits per heavy atom. The summed E-state index contributed by atoms with van der Waals surface area (Å²) >= 11 is 0. The number of amides is 1. The number of hydrogen-bond donors (Lipinski definition) is 1. The highest BCUT2D eigenvalue weighted by Gasteiger charge is 2.20. The minimum Gasteiger partial charge on any atom is -0.369 e. The van der Waals surface area contributed by atoms with Crippen molar-refractivity contribution in [2.75, 3.05) is 42.9 Å². The number of carbonyl (C=O) groups excluding carboxylic acids is 2. The van der Waals surface area contributed by atoms with Crippen molar-refractivity contribution in [2.45, 2.75) is 6.92 Å². The summed E-state index contributed by atoms with van der Waals surface area (Å²) in [6, 6.07) is 25.7. The molecule has 5 nitrogen and oxygen atoms in total. The Morgan fingerprint density at radius 2 is 1.45 bits per heavy atom. The number of nitrogens with zero attached hydrogens (tertiary/aromatic N) is 2. The molecule has 3 aromatic rings. The van der Waals surface area contributed by atoms with Crippen molar-refractivity contribution in [3.05, 3.63) is 84.4 Å². The Morgan fingerprint density at radius 1 is 0.806 bits per heavy atom. The molecule has 0 unspecified atom stereocenters. The van der Waals surface area contributed by atoms with Crippen molar-refractivity contribution in [3.63, 3.8) is 0 Å². The second-order valence-electron chi connectivity index (χ2n) is 7.83. The zero-order valence-corrected chi connectivity index (χ0v) is 17.8. The predicted octanol–water partition coefficient (Wildman–Crippen LogP) is 4.32. The quantitative estimate of drug-likeness (QED) is 0.612. The first kappa shape index (κ1) is 20.8. The number of nitrogens with one attached hydrogen (secondary N) is 1. The van der Waals surface area contributed by atoms with E-state index >= 15 is 0 Å². The van der Waals surface area contributed by atoms with E-state index in [4.69, 9.17) is 0 Å². The Balaban J connectivity index is 1.32. The Labute approximate surface area is 183 Å². The molecule has 1 heterocycles. The molecular weight excluding hydrogens is 386 g/mol. The van der Waals surface area contributed by atoms with Crippen LogP contribution in [0.15, 0.2) is 78.9 Å². The molecule has 0 atom stereocenters. The maximum atomic E-state index is 12.7. The fraction of sp³-hybridized carbons (Fsp3) is 0.231. The summed E-state index contributed by atoms with van der Waals surface area (Å²) in [5.74, 6) is 0.0823. The van der Waals surface area contributed by atoms with E-state index in [1.54, 1.807) is 6.92 Å². The van der Waals surface area contributed by atoms with Gasteiger partial charge in [-0.2, -0.15) is 0 Å². The van der Waals surface area contributed by atoms with Crippen molar-refractivity contribution in [3.8, 4) is 11.1 Å². The highest BCUT2D eigenvalue weighted by molar-refractivity contribution is 5.96. The highest BCUT2D eigenvalue weighted by Crippen LogP contribution is 2.27. The lowest BCUT2D eigenvalue weighted by Gasteiger charge is -2.35. The van der Waals surface area contributed by atoms with Crippen LogP contribution in [-0.2, 0) is 4.79 Å². The first-order valence-electron chi connectivity index (χ1n) is 10.6. The molecule has 4 rings (SSSR count). The van der Waals surface area contributed by atoms with Gasteiger partial charge in [-0.15, -0.1) is 0 Å². The van der Waals surface area contributed by atoms with Gasteiger partial charge in [0, 0.05) is 48.7 Å². The van der Waals surface area contributed by atoms with Gasteiger partial charge in [-0.05, 0) is 42.8 Å². The number of Topliss-reactive ketones (excluding diaryl/α,β-unsaturated/α-hetero) is 1. The van der Waals surface area contributed by atoms with Crippen molar-refractivity contribution in [1.29, 1.82) is 0 Å². The third kappa shape index (κ3) is 5.19. The number of piperazine rings is 1.